The average Bonchev–Trinajstić information content (AvgIpc) is 2.25. The molecule has 0 aliphatic carbocycles. The molecule has 0 aromatic heterocycles. The van der Waals surface area contributed by atoms with Crippen LogP contribution in [0.2, 0.25) is 0 Å². The Morgan fingerprint density at radius 2 is 1.07 bits per heavy atom. The van der Waals surface area contributed by atoms with Gasteiger partial charge in [-0.05, 0) is 25.9 Å². The van der Waals surface area contributed by atoms with Crippen LogP contribution in [0, 0.1) is 0 Å². The van der Waals surface area contributed by atoms with E-state index < -0.39 is 0 Å². The molecule has 0 amide bonds. The van der Waals surface area contributed by atoms with Crippen LogP contribution in [0.4, 0.5) is 0 Å². The minimum atomic E-state index is 0. The third-order valence-corrected chi connectivity index (χ3v) is 3.22. The summed E-state index contributed by atoms with van der Waals surface area (Å²) >= 11 is 11.3. The van der Waals surface area contributed by atoms with Crippen molar-refractivity contribution >= 4 is 35.6 Å². The molecule has 15 heavy (non-hydrogen) atoms. The normalized spacial score (nSPS) is 18.8. The molecule has 0 saturated carbocycles. The summed E-state index contributed by atoms with van der Waals surface area (Å²) in [5.41, 5.74) is 0. The zero-order chi connectivity index (χ0) is 10.2. The van der Waals surface area contributed by atoms with E-state index in [0.29, 0.717) is 0 Å². The number of halogens is 3. The van der Waals surface area contributed by atoms with Crippen LogP contribution >= 0.6 is 35.6 Å². The molecule has 0 N–H and O–H groups in total. The lowest BCUT2D eigenvalue weighted by Crippen LogP contribution is -2.46. The van der Waals surface area contributed by atoms with Crippen LogP contribution < -0.4 is 0 Å². The quantitative estimate of drug-likeness (QED) is 0.686. The van der Waals surface area contributed by atoms with Gasteiger partial charge >= 0.3 is 0 Å². The summed E-state index contributed by atoms with van der Waals surface area (Å²) in [6.45, 7) is 7.09. The summed E-state index contributed by atoms with van der Waals surface area (Å²) in [6, 6.07) is 0. The van der Waals surface area contributed by atoms with Gasteiger partial charge < -0.3 is 9.80 Å². The van der Waals surface area contributed by atoms with E-state index in [2.05, 4.69) is 9.80 Å². The van der Waals surface area contributed by atoms with E-state index >= 15 is 0 Å². The second kappa shape index (κ2) is 9.98. The summed E-state index contributed by atoms with van der Waals surface area (Å²) in [5, 5.41) is 0. The second-order valence-electron chi connectivity index (χ2n) is 3.77. The predicted octanol–water partition coefficient (Wildman–Crippen LogP) is 2.28. The summed E-state index contributed by atoms with van der Waals surface area (Å²) in [6.07, 6.45) is 2.23. The SMILES string of the molecule is Cl.ClCCCN1CCN(CCCCl)CC1. The molecule has 0 unspecified atom stereocenters. The number of alkyl halides is 2. The van der Waals surface area contributed by atoms with Crippen molar-refractivity contribution in [3.8, 4) is 0 Å². The highest BCUT2D eigenvalue weighted by molar-refractivity contribution is 6.18. The lowest BCUT2D eigenvalue weighted by Gasteiger charge is -2.34. The first kappa shape index (κ1) is 15.8. The Morgan fingerprint density at radius 1 is 0.733 bits per heavy atom. The van der Waals surface area contributed by atoms with Crippen molar-refractivity contribution in [1.82, 2.24) is 9.80 Å². The lowest BCUT2D eigenvalue weighted by atomic mass is 10.3. The van der Waals surface area contributed by atoms with E-state index in [1.807, 2.05) is 0 Å². The molecule has 5 heteroatoms. The van der Waals surface area contributed by atoms with Gasteiger partial charge in [-0.1, -0.05) is 0 Å². The number of hydrogen-bond acceptors (Lipinski definition) is 2. The van der Waals surface area contributed by atoms with E-state index in [4.69, 9.17) is 23.2 Å². The van der Waals surface area contributed by atoms with Crippen molar-refractivity contribution in [2.45, 2.75) is 12.8 Å². The van der Waals surface area contributed by atoms with Gasteiger partial charge in [-0.3, -0.25) is 0 Å². The first-order chi connectivity index (χ1) is 6.86. The van der Waals surface area contributed by atoms with Gasteiger partial charge in [0.1, 0.15) is 0 Å². The maximum Gasteiger partial charge on any atom is 0.0235 e. The first-order valence-electron chi connectivity index (χ1n) is 5.43. The fourth-order valence-corrected chi connectivity index (χ4v) is 2.04. The molecule has 1 heterocycles. The van der Waals surface area contributed by atoms with Crippen molar-refractivity contribution in [2.75, 3.05) is 51.0 Å². The zero-order valence-corrected chi connectivity index (χ0v) is 11.5. The Labute approximate surface area is 109 Å². The van der Waals surface area contributed by atoms with Crippen LogP contribution in [0.3, 0.4) is 0 Å². The van der Waals surface area contributed by atoms with E-state index in [-0.39, 0.29) is 12.4 Å². The van der Waals surface area contributed by atoms with Crippen molar-refractivity contribution in [2.24, 2.45) is 0 Å². The molecule has 0 atom stereocenters. The van der Waals surface area contributed by atoms with E-state index in [0.717, 1.165) is 37.7 Å². The van der Waals surface area contributed by atoms with Crippen molar-refractivity contribution in [3.05, 3.63) is 0 Å². The molecule has 1 rings (SSSR count). The average molecular weight is 276 g/mol. The van der Waals surface area contributed by atoms with Gasteiger partial charge in [0.25, 0.3) is 0 Å². The maximum absolute atomic E-state index is 5.67. The fourth-order valence-electron chi connectivity index (χ4n) is 1.80. The molecule has 1 aliphatic heterocycles. The van der Waals surface area contributed by atoms with Gasteiger partial charge in [0, 0.05) is 37.9 Å². The van der Waals surface area contributed by atoms with Crippen LogP contribution in [0.1, 0.15) is 12.8 Å². The molecule has 92 valence electrons. The third-order valence-electron chi connectivity index (χ3n) is 2.68. The predicted molar refractivity (Wildman–Crippen MR) is 70.8 cm³/mol. The van der Waals surface area contributed by atoms with Crippen molar-refractivity contribution < 1.29 is 0 Å². The standard InChI is InChI=1S/C10H20Cl2N2.ClH/c11-3-1-5-13-7-9-14(10-8-13)6-2-4-12;/h1-10H2;1H. The van der Waals surface area contributed by atoms with E-state index in [1.165, 1.54) is 26.2 Å². The molecule has 0 spiro atoms. The second-order valence-corrected chi connectivity index (χ2v) is 4.52. The van der Waals surface area contributed by atoms with Gasteiger partial charge in [0.15, 0.2) is 0 Å². The van der Waals surface area contributed by atoms with Gasteiger partial charge in [-0.25, -0.2) is 0 Å². The Morgan fingerprint density at radius 3 is 1.33 bits per heavy atom. The molecule has 2 nitrogen and oxygen atoms in total. The smallest absolute Gasteiger partial charge is 0.0235 e. The largest absolute Gasteiger partial charge is 0.301 e. The highest BCUT2D eigenvalue weighted by atomic mass is 35.5. The topological polar surface area (TPSA) is 6.48 Å². The summed E-state index contributed by atoms with van der Waals surface area (Å²) in [7, 11) is 0. The minimum Gasteiger partial charge on any atom is -0.301 e. The lowest BCUT2D eigenvalue weighted by molar-refractivity contribution is 0.133. The molecule has 0 aromatic rings. The van der Waals surface area contributed by atoms with Gasteiger partial charge in [-0.2, -0.15) is 0 Å². The number of nitrogens with zero attached hydrogens (tertiary/aromatic N) is 2. The molecule has 1 aliphatic rings. The van der Waals surface area contributed by atoms with Crippen LogP contribution in [-0.2, 0) is 0 Å². The first-order valence-corrected chi connectivity index (χ1v) is 6.50. The number of rotatable bonds is 6. The van der Waals surface area contributed by atoms with Crippen molar-refractivity contribution in [1.29, 1.82) is 0 Å². The molecule has 0 bridgehead atoms. The summed E-state index contributed by atoms with van der Waals surface area (Å²) in [4.78, 5) is 5.00. The van der Waals surface area contributed by atoms with Crippen LogP contribution in [0.15, 0.2) is 0 Å². The number of hydrogen-bond donors (Lipinski definition) is 0. The monoisotopic (exact) mass is 274 g/mol. The number of piperazine rings is 1. The molecule has 0 radical (unpaired) electrons. The molecular weight excluding hydrogens is 254 g/mol. The Hall–Kier alpha value is 0.790. The Bertz CT molecular complexity index is 123. The fraction of sp³-hybridized carbons (Fsp3) is 1.00. The highest BCUT2D eigenvalue weighted by Gasteiger charge is 2.15. The minimum absolute atomic E-state index is 0. The molecule has 1 saturated heterocycles. The van der Waals surface area contributed by atoms with Gasteiger partial charge in [0.2, 0.25) is 0 Å². The van der Waals surface area contributed by atoms with Crippen LogP contribution in [-0.4, -0.2) is 60.8 Å². The third kappa shape index (κ3) is 6.85. The molecular formula is C10H21Cl3N2. The van der Waals surface area contributed by atoms with Crippen molar-refractivity contribution in [3.63, 3.8) is 0 Å². The van der Waals surface area contributed by atoms with Crippen LogP contribution in [0.5, 0.6) is 0 Å². The molecule has 1 fully saturated rings. The summed E-state index contributed by atoms with van der Waals surface area (Å²) in [5.74, 6) is 1.57. The zero-order valence-electron chi connectivity index (χ0n) is 9.13. The highest BCUT2D eigenvalue weighted by Crippen LogP contribution is 2.03. The Kier molecular flexibility index (Phi) is 10.5. The van der Waals surface area contributed by atoms with E-state index in [1.54, 1.807) is 0 Å². The van der Waals surface area contributed by atoms with Crippen LogP contribution in [0.25, 0.3) is 0 Å². The molecule has 0 aromatic carbocycles. The maximum atomic E-state index is 5.67. The van der Waals surface area contributed by atoms with Gasteiger partial charge in [-0.15, -0.1) is 35.6 Å². The summed E-state index contributed by atoms with van der Waals surface area (Å²) < 4.78 is 0. The Balaban J connectivity index is 0.00000196. The van der Waals surface area contributed by atoms with E-state index in [9.17, 15) is 0 Å². The van der Waals surface area contributed by atoms with Gasteiger partial charge in [0.05, 0.1) is 0 Å².